The zero-order chi connectivity index (χ0) is 15.4. The van der Waals surface area contributed by atoms with Crippen LogP contribution < -0.4 is 4.72 Å². The van der Waals surface area contributed by atoms with E-state index >= 15 is 0 Å². The topological polar surface area (TPSA) is 46.2 Å². The van der Waals surface area contributed by atoms with E-state index in [4.69, 9.17) is 0 Å². The fraction of sp³-hybridized carbons (Fsp3) is 0.467. The Bertz CT molecular complexity index is 604. The number of sulfonamides is 1. The van der Waals surface area contributed by atoms with Gasteiger partial charge in [0.2, 0.25) is 10.0 Å². The summed E-state index contributed by atoms with van der Waals surface area (Å²) in [4.78, 5) is 0.299. The van der Waals surface area contributed by atoms with E-state index in [2.05, 4.69) is 35.8 Å². The predicted octanol–water partition coefficient (Wildman–Crippen LogP) is 2.93. The van der Waals surface area contributed by atoms with Crippen LogP contribution in [0.25, 0.3) is 0 Å². The summed E-state index contributed by atoms with van der Waals surface area (Å²) in [5.74, 6) is 3.09. The molecular weight excluding hydrogens is 286 g/mol. The van der Waals surface area contributed by atoms with Crippen molar-refractivity contribution in [2.45, 2.75) is 50.8 Å². The average Bonchev–Trinajstić information content (AvgIpc) is 2.26. The van der Waals surface area contributed by atoms with Crippen LogP contribution in [-0.2, 0) is 10.0 Å². The maximum Gasteiger partial charge on any atom is 0.240 e. The Balaban J connectivity index is 2.71. The van der Waals surface area contributed by atoms with E-state index in [0.29, 0.717) is 11.3 Å². The summed E-state index contributed by atoms with van der Waals surface area (Å²) in [5, 5.41) is 0. The molecule has 0 radical (unpaired) electrons. The number of rotatable bonds is 4. The fourth-order valence-corrected chi connectivity index (χ4v) is 3.44. The highest BCUT2D eigenvalue weighted by Gasteiger charge is 2.16. The lowest BCUT2D eigenvalue weighted by atomic mass is 10.2. The highest BCUT2D eigenvalue weighted by atomic mass is 32.2. The maximum absolute atomic E-state index is 12.2. The van der Waals surface area contributed by atoms with Crippen molar-refractivity contribution >= 4 is 18.1 Å². The smallest absolute Gasteiger partial charge is 0.207 e. The van der Waals surface area contributed by atoms with Gasteiger partial charge in [-0.25, -0.2) is 13.1 Å². The zero-order valence-corrected chi connectivity index (χ0v) is 14.6. The van der Waals surface area contributed by atoms with E-state index < -0.39 is 18.1 Å². The van der Waals surface area contributed by atoms with Crippen molar-refractivity contribution in [3.63, 3.8) is 0 Å². The van der Waals surface area contributed by atoms with Crippen molar-refractivity contribution in [3.05, 3.63) is 29.8 Å². The molecule has 110 valence electrons. The van der Waals surface area contributed by atoms with Gasteiger partial charge in [0.25, 0.3) is 0 Å². The number of hydrogen-bond acceptors (Lipinski definition) is 2. The molecule has 0 fully saturated rings. The summed E-state index contributed by atoms with van der Waals surface area (Å²) in [6.45, 7) is 10.3. The van der Waals surface area contributed by atoms with Gasteiger partial charge in [0.05, 0.1) is 4.90 Å². The second kappa shape index (κ2) is 6.57. The average molecular weight is 310 g/mol. The van der Waals surface area contributed by atoms with Crippen molar-refractivity contribution in [1.29, 1.82) is 0 Å². The second-order valence-corrected chi connectivity index (χ2v) is 12.6. The van der Waals surface area contributed by atoms with Crippen molar-refractivity contribution in [2.75, 3.05) is 0 Å². The quantitative estimate of drug-likeness (QED) is 0.686. The molecule has 1 aromatic carbocycles. The number of benzene rings is 1. The molecule has 0 heterocycles. The molecule has 3 nitrogen and oxygen atoms in total. The van der Waals surface area contributed by atoms with Crippen LogP contribution >= 0.6 is 0 Å². The van der Waals surface area contributed by atoms with Crippen molar-refractivity contribution in [1.82, 2.24) is 4.72 Å². The van der Waals surface area contributed by atoms with Crippen molar-refractivity contribution in [2.24, 2.45) is 0 Å². The molecule has 0 aromatic heterocycles. The van der Waals surface area contributed by atoms with Crippen LogP contribution in [0.5, 0.6) is 0 Å². The normalized spacial score (nSPS) is 13.4. The molecule has 0 aliphatic heterocycles. The van der Waals surface area contributed by atoms with Gasteiger partial charge in [0.15, 0.2) is 0 Å². The van der Waals surface area contributed by atoms with Gasteiger partial charge in [0.1, 0.15) is 8.07 Å². The first-order chi connectivity index (χ1) is 9.10. The molecule has 1 atom stereocenters. The third-order valence-electron chi connectivity index (χ3n) is 2.56. The van der Waals surface area contributed by atoms with E-state index in [9.17, 15) is 8.42 Å². The van der Waals surface area contributed by atoms with Crippen LogP contribution in [0, 0.1) is 18.4 Å². The number of aryl methyl sites for hydroxylation is 1. The predicted molar refractivity (Wildman–Crippen MR) is 86.7 cm³/mol. The third kappa shape index (κ3) is 5.91. The first-order valence-corrected chi connectivity index (χ1v) is 11.7. The molecule has 0 saturated heterocycles. The van der Waals surface area contributed by atoms with Crippen molar-refractivity contribution in [3.8, 4) is 11.5 Å². The molecular formula is C15H23NO2SSi. The highest BCUT2D eigenvalue weighted by molar-refractivity contribution is 7.89. The van der Waals surface area contributed by atoms with E-state index in [-0.39, 0.29) is 6.04 Å². The molecule has 0 aliphatic rings. The first-order valence-electron chi connectivity index (χ1n) is 6.69. The Kier molecular flexibility index (Phi) is 5.57. The summed E-state index contributed by atoms with van der Waals surface area (Å²) in [6, 6.07) is 6.65. The van der Waals surface area contributed by atoms with Crippen LogP contribution in [-0.4, -0.2) is 22.5 Å². The molecule has 1 unspecified atom stereocenters. The highest BCUT2D eigenvalue weighted by Crippen LogP contribution is 2.11. The Morgan fingerprint density at radius 1 is 1.20 bits per heavy atom. The second-order valence-electron chi connectivity index (χ2n) is 6.09. The lowest BCUT2D eigenvalue weighted by Crippen LogP contribution is -2.32. The summed E-state index contributed by atoms with van der Waals surface area (Å²) < 4.78 is 27.0. The van der Waals surface area contributed by atoms with E-state index in [1.54, 1.807) is 24.3 Å². The van der Waals surface area contributed by atoms with Gasteiger partial charge in [-0.3, -0.25) is 0 Å². The molecule has 5 heteroatoms. The van der Waals surface area contributed by atoms with Gasteiger partial charge in [0, 0.05) is 12.5 Å². The van der Waals surface area contributed by atoms with Crippen LogP contribution in [0.1, 0.15) is 18.9 Å². The number of nitrogens with one attached hydrogen (secondary N) is 1. The Morgan fingerprint density at radius 3 is 2.25 bits per heavy atom. The maximum atomic E-state index is 12.2. The third-order valence-corrected chi connectivity index (χ3v) is 5.09. The Labute approximate surface area is 123 Å². The van der Waals surface area contributed by atoms with Crippen molar-refractivity contribution < 1.29 is 8.42 Å². The molecule has 0 bridgehead atoms. The number of hydrogen-bond donors (Lipinski definition) is 1. The molecule has 1 N–H and O–H groups in total. The van der Waals surface area contributed by atoms with Gasteiger partial charge in [-0.1, -0.05) is 37.3 Å². The SMILES string of the molecule is Cc1ccc(S(=O)(=O)NC(C)CC#C[Si](C)(C)C)cc1. The molecule has 0 amide bonds. The van der Waals surface area contributed by atoms with Crippen LogP contribution in [0.4, 0.5) is 0 Å². The molecule has 0 spiro atoms. The summed E-state index contributed by atoms with van der Waals surface area (Å²) >= 11 is 0. The van der Waals surface area contributed by atoms with Gasteiger partial charge >= 0.3 is 0 Å². The van der Waals surface area contributed by atoms with Crippen LogP contribution in [0.15, 0.2) is 29.2 Å². The van der Waals surface area contributed by atoms with E-state index in [1.807, 2.05) is 13.8 Å². The lowest BCUT2D eigenvalue weighted by molar-refractivity contribution is 0.563. The standard InChI is InChI=1S/C15H23NO2SSi/c1-13-8-10-15(11-9-13)19(17,18)16-14(2)7-6-12-20(3,4)5/h8-11,14,16H,7H2,1-5H3. The van der Waals surface area contributed by atoms with E-state index in [1.165, 1.54) is 0 Å². The minimum atomic E-state index is -3.45. The minimum absolute atomic E-state index is 0.190. The van der Waals surface area contributed by atoms with Gasteiger partial charge in [-0.2, -0.15) is 0 Å². The monoisotopic (exact) mass is 309 g/mol. The lowest BCUT2D eigenvalue weighted by Gasteiger charge is -2.12. The van der Waals surface area contributed by atoms with Crippen LogP contribution in [0.2, 0.25) is 19.6 Å². The van der Waals surface area contributed by atoms with Gasteiger partial charge in [-0.05, 0) is 26.0 Å². The molecule has 0 saturated carbocycles. The molecule has 0 aliphatic carbocycles. The summed E-state index contributed by atoms with van der Waals surface area (Å²) in [7, 11) is -4.84. The Morgan fingerprint density at radius 2 is 1.75 bits per heavy atom. The van der Waals surface area contributed by atoms with Crippen LogP contribution in [0.3, 0.4) is 0 Å². The summed E-state index contributed by atoms with van der Waals surface area (Å²) in [5.41, 5.74) is 4.28. The minimum Gasteiger partial charge on any atom is -0.207 e. The Hall–Kier alpha value is -1.09. The fourth-order valence-electron chi connectivity index (χ4n) is 1.56. The summed E-state index contributed by atoms with van der Waals surface area (Å²) in [6.07, 6.45) is 0.537. The first kappa shape index (κ1) is 17.0. The molecule has 20 heavy (non-hydrogen) atoms. The van der Waals surface area contributed by atoms with Gasteiger partial charge < -0.3 is 0 Å². The van der Waals surface area contributed by atoms with Gasteiger partial charge in [-0.15, -0.1) is 11.5 Å². The zero-order valence-electron chi connectivity index (χ0n) is 12.8. The van der Waals surface area contributed by atoms with E-state index in [0.717, 1.165) is 5.56 Å². The molecule has 1 rings (SSSR count). The largest absolute Gasteiger partial charge is 0.240 e. The molecule has 1 aromatic rings.